The first-order chi connectivity index (χ1) is 20.9. The normalized spacial score (nSPS) is 17.6. The number of benzene rings is 1. The summed E-state index contributed by atoms with van der Waals surface area (Å²) in [5.74, 6) is 1.41. The summed E-state index contributed by atoms with van der Waals surface area (Å²) in [5, 5.41) is 0.966. The van der Waals surface area contributed by atoms with Crippen molar-refractivity contribution in [3.8, 4) is 11.5 Å². The van der Waals surface area contributed by atoms with Crippen molar-refractivity contribution in [1.82, 2.24) is 24.3 Å². The number of anilines is 1. The van der Waals surface area contributed by atoms with E-state index in [-0.39, 0.29) is 24.5 Å². The van der Waals surface area contributed by atoms with E-state index in [4.69, 9.17) is 9.47 Å². The van der Waals surface area contributed by atoms with Gasteiger partial charge in [0.15, 0.2) is 11.5 Å². The van der Waals surface area contributed by atoms with Gasteiger partial charge in [0.2, 0.25) is 5.91 Å². The molecule has 1 atom stereocenters. The number of carbonyl (C=O) groups is 2. The van der Waals surface area contributed by atoms with Crippen molar-refractivity contribution < 1.29 is 19.1 Å². The van der Waals surface area contributed by atoms with Gasteiger partial charge < -0.3 is 28.7 Å². The molecule has 4 heterocycles. The SMILES string of the molecule is CCCCCOc1cc(N2CCCN(Cc3ccnc4c3ccn4CC(=O)N(C)C3CCN(CC)C3)C2=O)ccc1OC. The number of hydrogen-bond donors (Lipinski definition) is 0. The van der Waals surface area contributed by atoms with Gasteiger partial charge in [0.05, 0.1) is 13.7 Å². The molecule has 10 nitrogen and oxygen atoms in total. The van der Waals surface area contributed by atoms with Crippen LogP contribution < -0.4 is 14.4 Å². The van der Waals surface area contributed by atoms with E-state index in [0.29, 0.717) is 37.7 Å². The molecule has 2 fully saturated rings. The molecule has 0 N–H and O–H groups in total. The van der Waals surface area contributed by atoms with E-state index in [1.54, 1.807) is 13.3 Å². The van der Waals surface area contributed by atoms with Crippen LogP contribution in [-0.4, -0.2) is 95.7 Å². The van der Waals surface area contributed by atoms with Crippen LogP contribution in [0.25, 0.3) is 11.0 Å². The lowest BCUT2D eigenvalue weighted by Crippen LogP contribution is -2.49. The average molecular weight is 591 g/mol. The number of aromatic nitrogens is 2. The van der Waals surface area contributed by atoms with E-state index >= 15 is 0 Å². The molecule has 2 aromatic heterocycles. The lowest BCUT2D eigenvalue weighted by molar-refractivity contribution is -0.132. The van der Waals surface area contributed by atoms with E-state index in [0.717, 1.165) is 74.0 Å². The van der Waals surface area contributed by atoms with Gasteiger partial charge in [0.25, 0.3) is 0 Å². The van der Waals surface area contributed by atoms with Gasteiger partial charge in [-0.2, -0.15) is 0 Å². The zero-order valence-corrected chi connectivity index (χ0v) is 26.1. The van der Waals surface area contributed by atoms with Crippen LogP contribution in [0, 0.1) is 0 Å². The summed E-state index contributed by atoms with van der Waals surface area (Å²) in [5.41, 5.74) is 2.59. The van der Waals surface area contributed by atoms with Crippen molar-refractivity contribution in [2.24, 2.45) is 0 Å². The van der Waals surface area contributed by atoms with Crippen LogP contribution in [0.3, 0.4) is 0 Å². The minimum absolute atomic E-state index is 0.0350. The largest absolute Gasteiger partial charge is 0.493 e. The average Bonchev–Trinajstić information content (AvgIpc) is 3.68. The Morgan fingerprint density at radius 3 is 2.72 bits per heavy atom. The molecule has 5 rings (SSSR count). The third-order valence-corrected chi connectivity index (χ3v) is 8.83. The summed E-state index contributed by atoms with van der Waals surface area (Å²) in [4.78, 5) is 39.5. The zero-order valence-electron chi connectivity index (χ0n) is 26.1. The zero-order chi connectivity index (χ0) is 30.3. The number of amides is 3. The highest BCUT2D eigenvalue weighted by Gasteiger charge is 2.29. The maximum absolute atomic E-state index is 13.7. The first-order valence-electron chi connectivity index (χ1n) is 15.7. The molecule has 2 aliphatic heterocycles. The molecule has 1 unspecified atom stereocenters. The topological polar surface area (TPSA) is 83.4 Å². The van der Waals surface area contributed by atoms with Crippen molar-refractivity contribution in [3.63, 3.8) is 0 Å². The van der Waals surface area contributed by atoms with Crippen LogP contribution in [0.15, 0.2) is 42.7 Å². The van der Waals surface area contributed by atoms with Gasteiger partial charge in [0, 0.05) is 75.3 Å². The maximum Gasteiger partial charge on any atom is 0.324 e. The lowest BCUT2D eigenvalue weighted by Gasteiger charge is -2.36. The Hall–Kier alpha value is -3.79. The summed E-state index contributed by atoms with van der Waals surface area (Å²) < 4.78 is 13.5. The molecule has 2 saturated heterocycles. The highest BCUT2D eigenvalue weighted by molar-refractivity contribution is 5.93. The molecule has 0 radical (unpaired) electrons. The maximum atomic E-state index is 13.7. The Morgan fingerprint density at radius 1 is 1.09 bits per heavy atom. The summed E-state index contributed by atoms with van der Waals surface area (Å²) in [6.45, 7) is 9.96. The Labute approximate surface area is 255 Å². The number of likely N-dealkylation sites (tertiary alicyclic amines) is 1. The second-order valence-electron chi connectivity index (χ2n) is 11.6. The summed E-state index contributed by atoms with van der Waals surface area (Å²) in [6, 6.07) is 9.90. The van der Waals surface area contributed by atoms with Gasteiger partial charge in [-0.15, -0.1) is 0 Å². The number of likely N-dealkylation sites (N-methyl/N-ethyl adjacent to an activating group) is 2. The van der Waals surface area contributed by atoms with Gasteiger partial charge in [-0.3, -0.25) is 9.69 Å². The minimum atomic E-state index is -0.0350. The van der Waals surface area contributed by atoms with Gasteiger partial charge in [-0.05, 0) is 55.6 Å². The second-order valence-corrected chi connectivity index (χ2v) is 11.6. The first-order valence-corrected chi connectivity index (χ1v) is 15.7. The lowest BCUT2D eigenvalue weighted by atomic mass is 10.1. The van der Waals surface area contributed by atoms with E-state index in [1.807, 2.05) is 62.8 Å². The molecule has 43 heavy (non-hydrogen) atoms. The number of pyridine rings is 1. The van der Waals surface area contributed by atoms with Gasteiger partial charge in [-0.1, -0.05) is 26.7 Å². The fourth-order valence-electron chi connectivity index (χ4n) is 6.14. The van der Waals surface area contributed by atoms with Crippen molar-refractivity contribution in [1.29, 1.82) is 0 Å². The molecule has 2 aliphatic rings. The fourth-order valence-corrected chi connectivity index (χ4v) is 6.14. The van der Waals surface area contributed by atoms with Crippen LogP contribution in [0.1, 0.15) is 51.5 Å². The van der Waals surface area contributed by atoms with Crippen LogP contribution in [0.2, 0.25) is 0 Å². The number of rotatable bonds is 13. The van der Waals surface area contributed by atoms with Gasteiger partial charge >= 0.3 is 6.03 Å². The predicted molar refractivity (Wildman–Crippen MR) is 169 cm³/mol. The number of ether oxygens (including phenoxy) is 2. The highest BCUT2D eigenvalue weighted by atomic mass is 16.5. The van der Waals surface area contributed by atoms with Crippen molar-refractivity contribution in [3.05, 3.63) is 48.3 Å². The van der Waals surface area contributed by atoms with E-state index in [2.05, 4.69) is 23.7 Å². The molecule has 0 bridgehead atoms. The van der Waals surface area contributed by atoms with Crippen LogP contribution in [-0.2, 0) is 17.9 Å². The Kier molecular flexibility index (Phi) is 10.1. The number of urea groups is 1. The summed E-state index contributed by atoms with van der Waals surface area (Å²) >= 11 is 0. The molecule has 3 aromatic rings. The first kappa shape index (κ1) is 30.7. The fraction of sp³-hybridized carbons (Fsp3) is 0.545. The molecule has 0 saturated carbocycles. The number of carbonyl (C=O) groups excluding carboxylic acids is 2. The van der Waals surface area contributed by atoms with Crippen LogP contribution in [0.4, 0.5) is 10.5 Å². The van der Waals surface area contributed by atoms with E-state index < -0.39 is 0 Å². The monoisotopic (exact) mass is 590 g/mol. The number of nitrogens with zero attached hydrogens (tertiary/aromatic N) is 6. The molecule has 1 aromatic carbocycles. The molecule has 232 valence electrons. The van der Waals surface area contributed by atoms with E-state index in [1.165, 1.54) is 0 Å². The smallest absolute Gasteiger partial charge is 0.324 e. The highest BCUT2D eigenvalue weighted by Crippen LogP contribution is 2.34. The van der Waals surface area contributed by atoms with Crippen molar-refractivity contribution in [2.75, 3.05) is 58.4 Å². The number of unbranched alkanes of at least 4 members (excludes halogenated alkanes) is 2. The minimum Gasteiger partial charge on any atom is -0.493 e. The Morgan fingerprint density at radius 2 is 1.95 bits per heavy atom. The molecule has 10 heteroatoms. The molecule has 3 amide bonds. The van der Waals surface area contributed by atoms with Gasteiger partial charge in [0.1, 0.15) is 12.2 Å². The standard InChI is InChI=1S/C33H46N6O4/c1-5-7-8-20-43-30-21-26(10-11-29(30)42-4)39-17-9-16-38(33(39)41)22-25-12-15-34-32-28(25)14-19-37(32)24-31(40)35(3)27-13-18-36(6-2)23-27/h10-12,14-15,19,21,27H,5-9,13,16-18,20,22-24H2,1-4H3. The molecular formula is C33H46N6O4. The molecule has 0 aliphatic carbocycles. The molecule has 0 spiro atoms. The molecular weight excluding hydrogens is 544 g/mol. The number of fused-ring (bicyclic) bond motifs is 1. The van der Waals surface area contributed by atoms with Crippen molar-refractivity contribution in [2.45, 2.75) is 65.1 Å². The summed E-state index contributed by atoms with van der Waals surface area (Å²) in [6.07, 6.45) is 8.79. The number of hydrogen-bond acceptors (Lipinski definition) is 6. The summed E-state index contributed by atoms with van der Waals surface area (Å²) in [7, 11) is 3.54. The van der Waals surface area contributed by atoms with Crippen LogP contribution >= 0.6 is 0 Å². The quantitative estimate of drug-likeness (QED) is 0.261. The van der Waals surface area contributed by atoms with Gasteiger partial charge in [-0.25, -0.2) is 9.78 Å². The van der Waals surface area contributed by atoms with E-state index in [9.17, 15) is 9.59 Å². The Bertz CT molecular complexity index is 1410. The predicted octanol–water partition coefficient (Wildman–Crippen LogP) is 5.00. The van der Waals surface area contributed by atoms with Crippen LogP contribution in [0.5, 0.6) is 11.5 Å². The second kappa shape index (κ2) is 14.1. The Balaban J connectivity index is 1.27. The number of methoxy groups -OCH3 is 1. The third-order valence-electron chi connectivity index (χ3n) is 8.83. The van der Waals surface area contributed by atoms with Crippen molar-refractivity contribution >= 4 is 28.7 Å². The third kappa shape index (κ3) is 6.90.